The Hall–Kier alpha value is -2.52. The average molecular weight is 545 g/mol. The second-order valence-corrected chi connectivity index (χ2v) is 11.9. The molecule has 1 N–H and O–H groups in total. The van der Waals surface area contributed by atoms with Crippen LogP contribution >= 0.6 is 23.4 Å². The van der Waals surface area contributed by atoms with Gasteiger partial charge in [0.05, 0.1) is 11.4 Å². The predicted octanol–water partition coefficient (Wildman–Crippen LogP) is 5.62. The first-order valence-electron chi connectivity index (χ1n) is 11.9. The van der Waals surface area contributed by atoms with Crippen molar-refractivity contribution in [1.29, 1.82) is 0 Å². The largest absolute Gasteiger partial charge is 0.492 e. The van der Waals surface area contributed by atoms with Crippen molar-refractivity contribution in [2.75, 3.05) is 26.2 Å². The fourth-order valence-electron chi connectivity index (χ4n) is 3.85. The summed E-state index contributed by atoms with van der Waals surface area (Å²) in [5.41, 5.74) is 1.71. The molecule has 3 aromatic rings. The molecular formula is C27H29ClN2O4S2. The van der Waals surface area contributed by atoms with Crippen LogP contribution in [0.15, 0.2) is 82.6 Å². The van der Waals surface area contributed by atoms with E-state index in [9.17, 15) is 13.2 Å². The topological polar surface area (TPSA) is 75.7 Å². The van der Waals surface area contributed by atoms with Crippen LogP contribution in [0.2, 0.25) is 5.02 Å². The molecule has 6 nitrogen and oxygen atoms in total. The number of nitrogens with zero attached hydrogens (tertiary/aromatic N) is 1. The van der Waals surface area contributed by atoms with Gasteiger partial charge in [0.2, 0.25) is 10.0 Å². The van der Waals surface area contributed by atoms with E-state index >= 15 is 0 Å². The summed E-state index contributed by atoms with van der Waals surface area (Å²) >= 11 is 7.63. The zero-order chi connectivity index (χ0) is 25.4. The van der Waals surface area contributed by atoms with E-state index in [0.29, 0.717) is 30.9 Å². The molecule has 9 heteroatoms. The fourth-order valence-corrected chi connectivity index (χ4v) is 6.34. The number of carbonyl (C=O) groups excluding carboxylic acids is 1. The van der Waals surface area contributed by atoms with Gasteiger partial charge in [-0.3, -0.25) is 4.79 Å². The van der Waals surface area contributed by atoms with E-state index in [1.165, 1.54) is 0 Å². The molecule has 1 aliphatic rings. The van der Waals surface area contributed by atoms with Crippen LogP contribution in [0.25, 0.3) is 0 Å². The molecule has 0 aromatic heterocycles. The van der Waals surface area contributed by atoms with Crippen LogP contribution in [0.3, 0.4) is 0 Å². The molecule has 1 fully saturated rings. The van der Waals surface area contributed by atoms with Gasteiger partial charge in [-0.1, -0.05) is 30.2 Å². The van der Waals surface area contributed by atoms with Crippen LogP contribution in [-0.4, -0.2) is 44.9 Å². The summed E-state index contributed by atoms with van der Waals surface area (Å²) in [5.74, 6) is 1.19. The first-order valence-corrected chi connectivity index (χ1v) is 14.7. The van der Waals surface area contributed by atoms with Gasteiger partial charge >= 0.3 is 0 Å². The molecule has 0 bridgehead atoms. The van der Waals surface area contributed by atoms with Crippen molar-refractivity contribution >= 4 is 39.3 Å². The van der Waals surface area contributed by atoms with Crippen molar-refractivity contribution in [2.24, 2.45) is 0 Å². The molecule has 36 heavy (non-hydrogen) atoms. The maximum Gasteiger partial charge on any atom is 0.251 e. The monoisotopic (exact) mass is 544 g/mol. The third-order valence-corrected chi connectivity index (χ3v) is 9.12. The summed E-state index contributed by atoms with van der Waals surface area (Å²) in [4.78, 5) is 13.8. The molecule has 190 valence electrons. The van der Waals surface area contributed by atoms with Crippen LogP contribution in [0.4, 0.5) is 0 Å². The van der Waals surface area contributed by atoms with E-state index in [0.717, 1.165) is 40.5 Å². The van der Waals surface area contributed by atoms with Crippen molar-refractivity contribution in [1.82, 2.24) is 9.62 Å². The lowest BCUT2D eigenvalue weighted by molar-refractivity contribution is 0.0947. The minimum Gasteiger partial charge on any atom is -0.492 e. The van der Waals surface area contributed by atoms with Crippen LogP contribution in [0.1, 0.15) is 35.2 Å². The van der Waals surface area contributed by atoms with Crippen LogP contribution in [0.5, 0.6) is 5.75 Å². The molecule has 4 rings (SSSR count). The van der Waals surface area contributed by atoms with Crippen molar-refractivity contribution in [2.45, 2.75) is 34.8 Å². The van der Waals surface area contributed by atoms with Crippen molar-refractivity contribution < 1.29 is 17.9 Å². The Kier molecular flexibility index (Phi) is 9.31. The molecule has 0 atom stereocenters. The van der Waals surface area contributed by atoms with Gasteiger partial charge in [-0.15, -0.1) is 11.8 Å². The zero-order valence-corrected chi connectivity index (χ0v) is 22.2. The molecule has 0 spiro atoms. The quantitative estimate of drug-likeness (QED) is 0.265. The Balaban J connectivity index is 1.19. The maximum atomic E-state index is 12.7. The summed E-state index contributed by atoms with van der Waals surface area (Å²) < 4.78 is 32.7. The summed E-state index contributed by atoms with van der Waals surface area (Å²) in [6.45, 7) is 1.76. The molecule has 0 saturated carbocycles. The van der Waals surface area contributed by atoms with Gasteiger partial charge < -0.3 is 10.1 Å². The molecule has 1 aliphatic heterocycles. The van der Waals surface area contributed by atoms with E-state index in [2.05, 4.69) is 5.32 Å². The number of nitrogens with one attached hydrogen (secondary N) is 1. The van der Waals surface area contributed by atoms with Gasteiger partial charge in [-0.25, -0.2) is 8.42 Å². The van der Waals surface area contributed by atoms with E-state index in [1.807, 2.05) is 48.5 Å². The van der Waals surface area contributed by atoms with E-state index in [-0.39, 0.29) is 17.4 Å². The highest BCUT2D eigenvalue weighted by Crippen LogP contribution is 2.25. The van der Waals surface area contributed by atoms with E-state index in [1.54, 1.807) is 40.3 Å². The highest BCUT2D eigenvalue weighted by molar-refractivity contribution is 7.98. The Morgan fingerprint density at radius 2 is 1.58 bits per heavy atom. The minimum atomic E-state index is -3.45. The SMILES string of the molecule is O=C(NCCOc1ccc(S(=O)(=O)N2CCCCC2)cc1)c1ccc(CSc2ccc(Cl)cc2)cc1. The lowest BCUT2D eigenvalue weighted by Crippen LogP contribution is -2.35. The zero-order valence-electron chi connectivity index (χ0n) is 19.9. The van der Waals surface area contributed by atoms with Crippen LogP contribution in [0, 0.1) is 0 Å². The lowest BCUT2D eigenvalue weighted by atomic mass is 10.1. The van der Waals surface area contributed by atoms with E-state index in [4.69, 9.17) is 16.3 Å². The molecule has 1 saturated heterocycles. The molecule has 0 radical (unpaired) electrons. The van der Waals surface area contributed by atoms with Gasteiger partial charge in [-0.05, 0) is 79.1 Å². The summed E-state index contributed by atoms with van der Waals surface area (Å²) in [7, 11) is -3.45. The number of sulfonamides is 1. The Morgan fingerprint density at radius 3 is 2.25 bits per heavy atom. The number of ether oxygens (including phenoxy) is 1. The third-order valence-electron chi connectivity index (χ3n) is 5.87. The number of hydrogen-bond donors (Lipinski definition) is 1. The molecular weight excluding hydrogens is 516 g/mol. The average Bonchev–Trinajstić information content (AvgIpc) is 2.92. The summed E-state index contributed by atoms with van der Waals surface area (Å²) in [6.07, 6.45) is 2.88. The third kappa shape index (κ3) is 7.26. The smallest absolute Gasteiger partial charge is 0.251 e. The van der Waals surface area contributed by atoms with Crippen LogP contribution < -0.4 is 10.1 Å². The van der Waals surface area contributed by atoms with E-state index < -0.39 is 10.0 Å². The van der Waals surface area contributed by atoms with Crippen molar-refractivity contribution in [3.63, 3.8) is 0 Å². The first-order chi connectivity index (χ1) is 17.4. The number of rotatable bonds is 10. The van der Waals surface area contributed by atoms with Gasteiger partial charge in [0, 0.05) is 34.3 Å². The number of hydrogen-bond acceptors (Lipinski definition) is 5. The molecule has 3 aromatic carbocycles. The molecule has 0 aliphatic carbocycles. The number of halogens is 1. The fraction of sp³-hybridized carbons (Fsp3) is 0.296. The maximum absolute atomic E-state index is 12.7. The van der Waals surface area contributed by atoms with Crippen molar-refractivity contribution in [3.8, 4) is 5.75 Å². The standard InChI is InChI=1S/C27H29ClN2O4S2/c28-23-8-12-25(13-9-23)35-20-21-4-6-22(7-5-21)27(31)29-16-19-34-24-10-14-26(15-11-24)36(32,33)30-17-2-1-3-18-30/h4-15H,1-3,16-20H2,(H,29,31). The second-order valence-electron chi connectivity index (χ2n) is 8.48. The summed E-state index contributed by atoms with van der Waals surface area (Å²) in [6, 6.07) is 21.7. The van der Waals surface area contributed by atoms with Crippen molar-refractivity contribution in [3.05, 3.63) is 88.9 Å². The van der Waals surface area contributed by atoms with Gasteiger partial charge in [-0.2, -0.15) is 4.31 Å². The number of piperidine rings is 1. The number of thioether (sulfide) groups is 1. The highest BCUT2D eigenvalue weighted by atomic mass is 35.5. The second kappa shape index (κ2) is 12.6. The molecule has 1 amide bonds. The lowest BCUT2D eigenvalue weighted by Gasteiger charge is -2.25. The number of benzene rings is 3. The van der Waals surface area contributed by atoms with Gasteiger partial charge in [0.15, 0.2) is 0 Å². The van der Waals surface area contributed by atoms with Gasteiger partial charge in [0.25, 0.3) is 5.91 Å². The Morgan fingerprint density at radius 1 is 0.917 bits per heavy atom. The number of carbonyl (C=O) groups is 1. The highest BCUT2D eigenvalue weighted by Gasteiger charge is 2.25. The first kappa shape index (κ1) is 26.5. The Labute approximate surface area is 222 Å². The predicted molar refractivity (Wildman–Crippen MR) is 144 cm³/mol. The molecule has 0 unspecified atom stereocenters. The van der Waals surface area contributed by atoms with Gasteiger partial charge in [0.1, 0.15) is 12.4 Å². The molecule has 1 heterocycles. The number of amides is 1. The Bertz CT molecular complexity index is 1240. The normalized spacial score (nSPS) is 14.4. The summed E-state index contributed by atoms with van der Waals surface area (Å²) in [5, 5.41) is 3.57. The minimum absolute atomic E-state index is 0.168. The van der Waals surface area contributed by atoms with Crippen LogP contribution in [-0.2, 0) is 15.8 Å².